The van der Waals surface area contributed by atoms with Crippen LogP contribution in [0.4, 0.5) is 5.69 Å². The minimum absolute atomic E-state index is 0.0166. The Balaban J connectivity index is 2.08. The molecule has 10 atom stereocenters. The number of nitrogens with zero attached hydrogens (tertiary/aromatic N) is 2. The molecule has 0 aliphatic rings. The number of quaternary nitrogens is 1. The van der Waals surface area contributed by atoms with Gasteiger partial charge in [0.2, 0.25) is 0 Å². The highest BCUT2D eigenvalue weighted by Gasteiger charge is 2.18. The van der Waals surface area contributed by atoms with Crippen molar-refractivity contribution in [2.75, 3.05) is 124 Å². The summed E-state index contributed by atoms with van der Waals surface area (Å²) in [6.45, 7) is 37.0. The second kappa shape index (κ2) is 34.8. The van der Waals surface area contributed by atoms with Crippen molar-refractivity contribution in [1.29, 1.82) is 0 Å². The maximum absolute atomic E-state index is 6.00. The highest BCUT2D eigenvalue weighted by Crippen LogP contribution is 2.15. The molecule has 0 aliphatic carbocycles. The van der Waals surface area contributed by atoms with Gasteiger partial charge >= 0.3 is 0 Å². The largest absolute Gasteiger partial charge is 0.377 e. The first-order valence-electron chi connectivity index (χ1n) is 23.8. The first-order valence-corrected chi connectivity index (χ1v) is 23.8. The number of likely N-dealkylation sites (N-methyl/N-ethyl adjacent to an activating group) is 2. The number of anilines is 1. The van der Waals surface area contributed by atoms with E-state index in [0.717, 1.165) is 30.7 Å². The van der Waals surface area contributed by atoms with Gasteiger partial charge in [0.05, 0.1) is 161 Å². The molecule has 1 aromatic carbocycles. The summed E-state index contributed by atoms with van der Waals surface area (Å²) >= 11 is 0. The summed E-state index contributed by atoms with van der Waals surface area (Å²) in [6, 6.07) is 8.57. The standard InChI is InChI=1S/C49H95N2O11/c1-16-18-23-51(14,15)24-26-53-40(5)29-55-42(7)31-57-44(9)33-59-46(11)35-61-48(13)37-62-47(12)36-60-45(10)34-58-43(8)32-56-41(6)30-54-39(4)28-52-25-22-50(17-2)49-21-19-20-38(3)27-49/h19-21,27,39-48H,16-18,22-26,28-37H2,1-15H3/q+1. The molecule has 0 saturated carbocycles. The highest BCUT2D eigenvalue weighted by molar-refractivity contribution is 5.48. The van der Waals surface area contributed by atoms with Gasteiger partial charge in [-0.25, -0.2) is 0 Å². The molecule has 366 valence electrons. The molecule has 0 heterocycles. The van der Waals surface area contributed by atoms with E-state index < -0.39 is 0 Å². The highest BCUT2D eigenvalue weighted by atomic mass is 16.6. The van der Waals surface area contributed by atoms with Crippen LogP contribution in [0.5, 0.6) is 0 Å². The van der Waals surface area contributed by atoms with Gasteiger partial charge in [-0.15, -0.1) is 0 Å². The average Bonchev–Trinajstić information content (AvgIpc) is 3.24. The topological polar surface area (TPSA) is 105 Å². The van der Waals surface area contributed by atoms with Gasteiger partial charge in [0.15, 0.2) is 0 Å². The number of hydrogen-bond acceptors (Lipinski definition) is 12. The van der Waals surface area contributed by atoms with Crippen molar-refractivity contribution in [3.05, 3.63) is 29.8 Å². The molecule has 10 unspecified atom stereocenters. The number of aryl methyl sites for hydroxylation is 1. The molecule has 0 radical (unpaired) electrons. The summed E-state index contributed by atoms with van der Waals surface area (Å²) in [5.74, 6) is 0. The first-order chi connectivity index (χ1) is 29.4. The third kappa shape index (κ3) is 31.4. The van der Waals surface area contributed by atoms with Gasteiger partial charge in [0.25, 0.3) is 0 Å². The molecule has 0 amide bonds. The van der Waals surface area contributed by atoms with Crippen LogP contribution in [0.3, 0.4) is 0 Å². The van der Waals surface area contributed by atoms with Crippen molar-refractivity contribution in [1.82, 2.24) is 0 Å². The summed E-state index contributed by atoms with van der Waals surface area (Å²) < 4.78 is 66.8. The summed E-state index contributed by atoms with van der Waals surface area (Å²) in [6.07, 6.45) is 1.98. The molecule has 13 heteroatoms. The molecule has 1 aromatic rings. The molecule has 0 bridgehead atoms. The molecule has 0 saturated heterocycles. The fraction of sp³-hybridized carbons (Fsp3) is 0.878. The second-order valence-electron chi connectivity index (χ2n) is 18.2. The molecule has 0 N–H and O–H groups in total. The molecule has 62 heavy (non-hydrogen) atoms. The Bertz CT molecular complexity index is 1200. The van der Waals surface area contributed by atoms with Crippen LogP contribution < -0.4 is 4.90 Å². The number of unbranched alkanes of at least 4 members (excludes halogenated alkanes) is 1. The Hall–Kier alpha value is -1.46. The molecule has 0 aliphatic heterocycles. The van der Waals surface area contributed by atoms with E-state index in [0.29, 0.717) is 72.7 Å². The van der Waals surface area contributed by atoms with Crippen molar-refractivity contribution in [2.45, 2.75) is 164 Å². The van der Waals surface area contributed by atoms with Crippen molar-refractivity contribution in [3.63, 3.8) is 0 Å². The summed E-state index contributed by atoms with van der Waals surface area (Å²) in [5, 5.41) is 0. The van der Waals surface area contributed by atoms with Crippen molar-refractivity contribution in [3.8, 4) is 0 Å². The zero-order valence-electron chi connectivity index (χ0n) is 42.2. The minimum atomic E-state index is -0.0802. The maximum Gasteiger partial charge on any atom is 0.102 e. The third-order valence-electron chi connectivity index (χ3n) is 10.4. The van der Waals surface area contributed by atoms with E-state index in [1.54, 1.807) is 0 Å². The zero-order valence-corrected chi connectivity index (χ0v) is 42.2. The lowest BCUT2D eigenvalue weighted by Gasteiger charge is -2.30. The van der Waals surface area contributed by atoms with Crippen LogP contribution in [0.15, 0.2) is 24.3 Å². The Kier molecular flexibility index (Phi) is 32.9. The van der Waals surface area contributed by atoms with Crippen LogP contribution in [0.25, 0.3) is 0 Å². The van der Waals surface area contributed by atoms with Crippen LogP contribution in [0, 0.1) is 6.92 Å². The zero-order chi connectivity index (χ0) is 46.3. The fourth-order valence-corrected chi connectivity index (χ4v) is 6.10. The fourth-order valence-electron chi connectivity index (χ4n) is 6.10. The molecule has 0 fully saturated rings. The predicted octanol–water partition coefficient (Wildman–Crippen LogP) is 7.77. The van der Waals surface area contributed by atoms with Gasteiger partial charge in [-0.3, -0.25) is 0 Å². The Morgan fingerprint density at radius 2 is 0.823 bits per heavy atom. The molecule has 1 rings (SSSR count). The SMILES string of the molecule is CCCC[N+](C)(C)CCOC(C)COC(C)COC(C)COC(C)COC(C)COC(C)COC(C)COC(C)COC(C)COC(C)COCCN(CC)c1cccc(C)c1. The van der Waals surface area contributed by atoms with Gasteiger partial charge in [0, 0.05) is 18.8 Å². The van der Waals surface area contributed by atoms with E-state index in [-0.39, 0.29) is 61.0 Å². The Morgan fingerprint density at radius 1 is 0.468 bits per heavy atom. The van der Waals surface area contributed by atoms with Crippen molar-refractivity contribution < 1.29 is 56.6 Å². The van der Waals surface area contributed by atoms with E-state index in [1.807, 2.05) is 62.3 Å². The van der Waals surface area contributed by atoms with Crippen molar-refractivity contribution >= 4 is 5.69 Å². The molecule has 13 nitrogen and oxygen atoms in total. The van der Waals surface area contributed by atoms with E-state index in [1.165, 1.54) is 30.6 Å². The third-order valence-corrected chi connectivity index (χ3v) is 10.4. The van der Waals surface area contributed by atoms with Gasteiger partial charge in [0.1, 0.15) is 6.54 Å². The lowest BCUT2D eigenvalue weighted by molar-refractivity contribution is -0.891. The van der Waals surface area contributed by atoms with E-state index >= 15 is 0 Å². The van der Waals surface area contributed by atoms with Gasteiger partial charge in [-0.05, 0) is 107 Å². The van der Waals surface area contributed by atoms with E-state index in [4.69, 9.17) is 52.1 Å². The number of ether oxygens (including phenoxy) is 11. The Labute approximate surface area is 379 Å². The normalized spacial score (nSPS) is 17.2. The van der Waals surface area contributed by atoms with Crippen LogP contribution in [0.2, 0.25) is 0 Å². The number of benzene rings is 1. The molecule has 0 spiro atoms. The van der Waals surface area contributed by atoms with E-state index in [2.05, 4.69) is 71.0 Å². The molecular formula is C49H95N2O11+. The number of hydrogen-bond donors (Lipinski definition) is 0. The predicted molar refractivity (Wildman–Crippen MR) is 251 cm³/mol. The second-order valence-corrected chi connectivity index (χ2v) is 18.2. The van der Waals surface area contributed by atoms with Gasteiger partial charge < -0.3 is 61.5 Å². The van der Waals surface area contributed by atoms with Crippen LogP contribution >= 0.6 is 0 Å². The summed E-state index contributed by atoms with van der Waals surface area (Å²) in [5.41, 5.74) is 2.49. The van der Waals surface area contributed by atoms with Gasteiger partial charge in [-0.2, -0.15) is 0 Å². The average molecular weight is 888 g/mol. The minimum Gasteiger partial charge on any atom is -0.377 e. The van der Waals surface area contributed by atoms with Crippen LogP contribution in [-0.2, 0) is 52.1 Å². The monoisotopic (exact) mass is 888 g/mol. The van der Waals surface area contributed by atoms with Crippen LogP contribution in [-0.4, -0.2) is 185 Å². The quantitative estimate of drug-likeness (QED) is 0.0474. The van der Waals surface area contributed by atoms with Gasteiger partial charge in [-0.1, -0.05) is 25.5 Å². The first kappa shape index (κ1) is 58.6. The lowest BCUT2D eigenvalue weighted by atomic mass is 10.2. The maximum atomic E-state index is 6.00. The smallest absolute Gasteiger partial charge is 0.102 e. The van der Waals surface area contributed by atoms with Crippen LogP contribution in [0.1, 0.15) is 101 Å². The summed E-state index contributed by atoms with van der Waals surface area (Å²) in [4.78, 5) is 2.32. The summed E-state index contributed by atoms with van der Waals surface area (Å²) in [7, 11) is 4.53. The molecular weight excluding hydrogens is 793 g/mol. The Morgan fingerprint density at radius 3 is 1.16 bits per heavy atom. The lowest BCUT2D eigenvalue weighted by Crippen LogP contribution is -2.43. The van der Waals surface area contributed by atoms with E-state index in [9.17, 15) is 0 Å². The van der Waals surface area contributed by atoms with Crippen molar-refractivity contribution in [2.24, 2.45) is 0 Å². The molecule has 0 aromatic heterocycles. The number of rotatable bonds is 41.